The van der Waals surface area contributed by atoms with Gasteiger partial charge in [-0.2, -0.15) is 18.2 Å². The van der Waals surface area contributed by atoms with E-state index in [0.29, 0.717) is 36.1 Å². The molecule has 34 heavy (non-hydrogen) atoms. The number of rotatable bonds is 12. The molecular weight excluding hydrogens is 445 g/mol. The molecule has 0 spiro atoms. The highest BCUT2D eigenvalue weighted by Crippen LogP contribution is 2.37. The Morgan fingerprint density at radius 1 is 0.882 bits per heavy atom. The molecule has 6 nitrogen and oxygen atoms in total. The maximum Gasteiger partial charge on any atom is 0.421 e. The Morgan fingerprint density at radius 3 is 2.35 bits per heavy atom. The van der Waals surface area contributed by atoms with E-state index in [2.05, 4.69) is 27.5 Å². The number of ether oxygens (including phenoxy) is 2. The van der Waals surface area contributed by atoms with Gasteiger partial charge in [-0.15, -0.1) is 0 Å². The number of unbranched alkanes of at least 4 members (excludes halogenated alkanes) is 3. The first-order valence-electron chi connectivity index (χ1n) is 11.3. The number of alkyl halides is 3. The Kier molecular flexibility index (Phi) is 8.95. The molecule has 9 heteroatoms. The lowest BCUT2D eigenvalue weighted by molar-refractivity contribution is -0.137. The van der Waals surface area contributed by atoms with Gasteiger partial charge in [0.05, 0.1) is 18.9 Å². The molecule has 2 aromatic carbocycles. The first-order chi connectivity index (χ1) is 16.4. The summed E-state index contributed by atoms with van der Waals surface area (Å²) < 4.78 is 52.2. The quantitative estimate of drug-likeness (QED) is 0.268. The largest absolute Gasteiger partial charge is 0.494 e. The summed E-state index contributed by atoms with van der Waals surface area (Å²) in [6.45, 7) is 5.03. The summed E-state index contributed by atoms with van der Waals surface area (Å²) in [6, 6.07) is 13.8. The van der Waals surface area contributed by atoms with Crippen LogP contribution in [0, 0.1) is 0 Å². The van der Waals surface area contributed by atoms with Crippen LogP contribution in [0.5, 0.6) is 11.5 Å². The monoisotopic (exact) mass is 474 g/mol. The number of hydrogen-bond acceptors (Lipinski definition) is 6. The van der Waals surface area contributed by atoms with E-state index in [1.165, 1.54) is 0 Å². The Bertz CT molecular complexity index is 1040. The molecule has 182 valence electrons. The number of benzene rings is 2. The van der Waals surface area contributed by atoms with Gasteiger partial charge in [0.1, 0.15) is 22.9 Å². The van der Waals surface area contributed by atoms with Crippen LogP contribution in [0.1, 0.15) is 45.1 Å². The van der Waals surface area contributed by atoms with Crippen LogP contribution in [0.3, 0.4) is 0 Å². The highest BCUT2D eigenvalue weighted by Gasteiger charge is 2.35. The van der Waals surface area contributed by atoms with Crippen LogP contribution in [-0.4, -0.2) is 23.2 Å². The van der Waals surface area contributed by atoms with Crippen molar-refractivity contribution < 1.29 is 22.6 Å². The Labute approximate surface area is 197 Å². The molecule has 0 aliphatic heterocycles. The second kappa shape index (κ2) is 12.1. The normalized spacial score (nSPS) is 11.2. The van der Waals surface area contributed by atoms with Crippen molar-refractivity contribution in [2.45, 2.75) is 45.7 Å². The fourth-order valence-corrected chi connectivity index (χ4v) is 3.21. The molecule has 0 amide bonds. The smallest absolute Gasteiger partial charge is 0.421 e. The van der Waals surface area contributed by atoms with Gasteiger partial charge in [-0.25, -0.2) is 4.98 Å². The molecule has 1 aromatic heterocycles. The minimum Gasteiger partial charge on any atom is -0.494 e. The number of halogens is 3. The van der Waals surface area contributed by atoms with E-state index in [0.717, 1.165) is 31.9 Å². The van der Waals surface area contributed by atoms with E-state index >= 15 is 0 Å². The maximum atomic E-state index is 13.7. The van der Waals surface area contributed by atoms with Gasteiger partial charge in [-0.3, -0.25) is 0 Å². The van der Waals surface area contributed by atoms with E-state index in [1.807, 2.05) is 6.92 Å². The average molecular weight is 475 g/mol. The van der Waals surface area contributed by atoms with Gasteiger partial charge >= 0.3 is 6.18 Å². The van der Waals surface area contributed by atoms with Crippen LogP contribution >= 0.6 is 0 Å². The van der Waals surface area contributed by atoms with Crippen molar-refractivity contribution in [3.63, 3.8) is 0 Å². The maximum absolute atomic E-state index is 13.7. The molecule has 0 saturated heterocycles. The third-order valence-electron chi connectivity index (χ3n) is 4.91. The fourth-order valence-electron chi connectivity index (χ4n) is 3.21. The molecule has 0 unspecified atom stereocenters. The number of nitrogens with one attached hydrogen (secondary N) is 2. The molecule has 3 rings (SSSR count). The summed E-state index contributed by atoms with van der Waals surface area (Å²) in [5.74, 6) is 0.817. The van der Waals surface area contributed by atoms with Crippen LogP contribution in [0.4, 0.5) is 36.3 Å². The predicted octanol–water partition coefficient (Wildman–Crippen LogP) is 7.34. The molecule has 3 aromatic rings. The number of hydrogen-bond donors (Lipinski definition) is 2. The Morgan fingerprint density at radius 2 is 1.65 bits per heavy atom. The molecule has 0 radical (unpaired) electrons. The van der Waals surface area contributed by atoms with E-state index in [9.17, 15) is 13.2 Å². The molecule has 0 aliphatic rings. The first-order valence-corrected chi connectivity index (χ1v) is 11.3. The van der Waals surface area contributed by atoms with Crippen molar-refractivity contribution in [2.24, 2.45) is 0 Å². The SMILES string of the molecule is CCCCCCOc1ccccc1Nc1nc(Nc2ccc(OCC)cc2)ncc1C(F)(F)F. The summed E-state index contributed by atoms with van der Waals surface area (Å²) in [4.78, 5) is 7.97. The van der Waals surface area contributed by atoms with Crippen molar-refractivity contribution >= 4 is 23.1 Å². The van der Waals surface area contributed by atoms with Crippen molar-refractivity contribution in [1.82, 2.24) is 9.97 Å². The van der Waals surface area contributed by atoms with Crippen molar-refractivity contribution in [1.29, 1.82) is 0 Å². The lowest BCUT2D eigenvalue weighted by Crippen LogP contribution is -2.13. The van der Waals surface area contributed by atoms with Gasteiger partial charge < -0.3 is 20.1 Å². The zero-order valence-corrected chi connectivity index (χ0v) is 19.3. The van der Waals surface area contributed by atoms with Gasteiger partial charge in [0.25, 0.3) is 0 Å². The molecule has 0 fully saturated rings. The fraction of sp³-hybridized carbons (Fsp3) is 0.360. The van der Waals surface area contributed by atoms with Crippen molar-refractivity contribution in [3.8, 4) is 11.5 Å². The summed E-state index contributed by atoms with van der Waals surface area (Å²) >= 11 is 0. The summed E-state index contributed by atoms with van der Waals surface area (Å²) in [6.07, 6.45) is 0.273. The van der Waals surface area contributed by atoms with E-state index in [1.54, 1.807) is 48.5 Å². The lowest BCUT2D eigenvalue weighted by Gasteiger charge is -2.17. The number of aromatic nitrogens is 2. The summed E-state index contributed by atoms with van der Waals surface area (Å²) in [5, 5.41) is 5.73. The Balaban J connectivity index is 1.81. The third kappa shape index (κ3) is 7.26. The van der Waals surface area contributed by atoms with Crippen LogP contribution in [0.25, 0.3) is 0 Å². The van der Waals surface area contributed by atoms with Crippen LogP contribution < -0.4 is 20.1 Å². The van der Waals surface area contributed by atoms with Gasteiger partial charge in [-0.1, -0.05) is 38.3 Å². The van der Waals surface area contributed by atoms with E-state index < -0.39 is 11.7 Å². The average Bonchev–Trinajstić information content (AvgIpc) is 2.81. The molecular formula is C25H29F3N4O2. The number of anilines is 4. The highest BCUT2D eigenvalue weighted by atomic mass is 19.4. The minimum absolute atomic E-state index is 0.0256. The predicted molar refractivity (Wildman–Crippen MR) is 127 cm³/mol. The summed E-state index contributed by atoms with van der Waals surface area (Å²) in [5.41, 5.74) is 0.0432. The molecule has 2 N–H and O–H groups in total. The van der Waals surface area contributed by atoms with Gasteiger partial charge in [0, 0.05) is 11.9 Å². The van der Waals surface area contributed by atoms with E-state index in [-0.39, 0.29) is 11.8 Å². The number of para-hydroxylation sites is 2. The molecule has 0 saturated carbocycles. The lowest BCUT2D eigenvalue weighted by atomic mass is 10.2. The molecule has 0 aliphatic carbocycles. The van der Waals surface area contributed by atoms with Gasteiger partial charge in [-0.05, 0) is 49.7 Å². The second-order valence-corrected chi connectivity index (χ2v) is 7.57. The van der Waals surface area contributed by atoms with Crippen molar-refractivity contribution in [3.05, 3.63) is 60.3 Å². The standard InChI is InChI=1S/C25H29F3N4O2/c1-3-5-6-9-16-34-22-11-8-7-10-21(22)31-23-20(25(26,27)28)17-29-24(32-23)30-18-12-14-19(15-13-18)33-4-2/h7-8,10-15,17H,3-6,9,16H2,1-2H3,(H2,29,30,31,32). The van der Waals surface area contributed by atoms with Crippen molar-refractivity contribution in [2.75, 3.05) is 23.8 Å². The molecule has 0 bridgehead atoms. The zero-order chi connectivity index (χ0) is 24.4. The Hall–Kier alpha value is -3.49. The van der Waals surface area contributed by atoms with Gasteiger partial charge in [0.2, 0.25) is 5.95 Å². The molecule has 0 atom stereocenters. The van der Waals surface area contributed by atoms with E-state index in [4.69, 9.17) is 9.47 Å². The first kappa shape index (κ1) is 25.1. The minimum atomic E-state index is -4.63. The van der Waals surface area contributed by atoms with Gasteiger partial charge in [0.15, 0.2) is 0 Å². The van der Waals surface area contributed by atoms with Crippen LogP contribution in [-0.2, 0) is 6.18 Å². The highest BCUT2D eigenvalue weighted by molar-refractivity contribution is 5.67. The summed E-state index contributed by atoms with van der Waals surface area (Å²) in [7, 11) is 0. The number of nitrogens with zero attached hydrogens (tertiary/aromatic N) is 2. The van der Waals surface area contributed by atoms with Crippen LogP contribution in [0.2, 0.25) is 0 Å². The zero-order valence-electron chi connectivity index (χ0n) is 19.3. The third-order valence-corrected chi connectivity index (χ3v) is 4.91. The second-order valence-electron chi connectivity index (χ2n) is 7.57. The van der Waals surface area contributed by atoms with Crippen LogP contribution in [0.15, 0.2) is 54.7 Å². The topological polar surface area (TPSA) is 68.3 Å². The molecule has 1 heterocycles.